The van der Waals surface area contributed by atoms with Gasteiger partial charge in [-0.2, -0.15) is 0 Å². The molecule has 0 aliphatic rings. The Morgan fingerprint density at radius 3 is 2.14 bits per heavy atom. The summed E-state index contributed by atoms with van der Waals surface area (Å²) < 4.78 is 2.67. The van der Waals surface area contributed by atoms with E-state index in [4.69, 9.17) is 23.2 Å². The molecule has 0 nitrogen and oxygen atoms in total. The van der Waals surface area contributed by atoms with E-state index in [0.29, 0.717) is 0 Å². The lowest BCUT2D eigenvalue weighted by Crippen LogP contribution is -1.81. The van der Waals surface area contributed by atoms with Crippen molar-refractivity contribution in [3.05, 3.63) is 55.3 Å². The van der Waals surface area contributed by atoms with Crippen LogP contribution in [0.4, 0.5) is 0 Å². The lowest BCUT2D eigenvalue weighted by molar-refractivity contribution is 0.804. The molecular formula is C22H16Cl2S4. The second-order valence-corrected chi connectivity index (χ2v) is 11.4. The molecule has 0 aliphatic carbocycles. The summed E-state index contributed by atoms with van der Waals surface area (Å²) >= 11 is 20.1. The normalized spacial score (nSPS) is 11.8. The Balaban J connectivity index is 1.79. The zero-order valence-corrected chi connectivity index (χ0v) is 19.8. The largest absolute Gasteiger partial charge is 0.143 e. The quantitative estimate of drug-likeness (QED) is 0.235. The number of benzene rings is 1. The molecule has 28 heavy (non-hydrogen) atoms. The summed E-state index contributed by atoms with van der Waals surface area (Å²) in [5.41, 5.74) is 2.65. The van der Waals surface area contributed by atoms with E-state index in [0.717, 1.165) is 16.5 Å². The van der Waals surface area contributed by atoms with Gasteiger partial charge in [-0.3, -0.25) is 0 Å². The van der Waals surface area contributed by atoms with Crippen LogP contribution in [0, 0.1) is 0 Å². The van der Waals surface area contributed by atoms with Crippen LogP contribution in [0.3, 0.4) is 0 Å². The first-order valence-corrected chi connectivity index (χ1v) is 13.3. The molecule has 0 unspecified atom stereocenters. The molecule has 0 atom stereocenters. The minimum Gasteiger partial charge on any atom is -0.143 e. The van der Waals surface area contributed by atoms with Crippen LogP contribution in [0.15, 0.2) is 40.4 Å². The molecule has 142 valence electrons. The standard InChI is InChI=1S/C22H16Cl2S4/c1-2-3-4-16-15(24)10-18(28-16)20-14-6-8-25-21(14)19(13-5-7-26-22(13)20)17-9-12(23)11-27-17/h5-11H,2-4H2,1H3. The molecule has 4 aromatic heterocycles. The molecule has 5 aromatic rings. The van der Waals surface area contributed by atoms with E-state index in [-0.39, 0.29) is 0 Å². The van der Waals surface area contributed by atoms with E-state index in [2.05, 4.69) is 41.9 Å². The fourth-order valence-corrected chi connectivity index (χ4v) is 8.38. The van der Waals surface area contributed by atoms with Gasteiger partial charge in [0.2, 0.25) is 0 Å². The van der Waals surface area contributed by atoms with Gasteiger partial charge in [-0.05, 0) is 47.9 Å². The van der Waals surface area contributed by atoms with Crippen molar-refractivity contribution in [3.63, 3.8) is 0 Å². The molecule has 0 saturated heterocycles. The van der Waals surface area contributed by atoms with Crippen LogP contribution in [-0.2, 0) is 6.42 Å². The van der Waals surface area contributed by atoms with Crippen molar-refractivity contribution < 1.29 is 0 Å². The maximum atomic E-state index is 6.61. The topological polar surface area (TPSA) is 0 Å². The minimum absolute atomic E-state index is 0.808. The summed E-state index contributed by atoms with van der Waals surface area (Å²) in [6, 6.07) is 8.76. The van der Waals surface area contributed by atoms with Crippen molar-refractivity contribution >= 4 is 88.7 Å². The van der Waals surface area contributed by atoms with E-state index < -0.39 is 0 Å². The molecule has 0 fully saturated rings. The van der Waals surface area contributed by atoms with Gasteiger partial charge >= 0.3 is 0 Å². The van der Waals surface area contributed by atoms with Gasteiger partial charge in [-0.15, -0.1) is 45.3 Å². The fourth-order valence-electron chi connectivity index (χ4n) is 3.62. The van der Waals surface area contributed by atoms with E-state index in [1.807, 2.05) is 39.4 Å². The molecule has 0 N–H and O–H groups in total. The Kier molecular flexibility index (Phi) is 5.29. The zero-order chi connectivity index (χ0) is 19.3. The Morgan fingerprint density at radius 2 is 1.54 bits per heavy atom. The van der Waals surface area contributed by atoms with Crippen molar-refractivity contribution in [1.29, 1.82) is 0 Å². The average molecular weight is 480 g/mol. The second-order valence-electron chi connectivity index (χ2n) is 6.69. The smallest absolute Gasteiger partial charge is 0.0551 e. The van der Waals surface area contributed by atoms with E-state index in [9.17, 15) is 0 Å². The summed E-state index contributed by atoms with van der Waals surface area (Å²) in [6.07, 6.45) is 3.43. The Labute approximate surface area is 190 Å². The highest BCUT2D eigenvalue weighted by Crippen LogP contribution is 2.50. The highest BCUT2D eigenvalue weighted by molar-refractivity contribution is 7.22. The molecule has 5 rings (SSSR count). The van der Waals surface area contributed by atoms with Crippen LogP contribution in [0.5, 0.6) is 0 Å². The lowest BCUT2D eigenvalue weighted by Gasteiger charge is -2.09. The molecule has 6 heteroatoms. The predicted molar refractivity (Wildman–Crippen MR) is 132 cm³/mol. The third-order valence-corrected chi connectivity index (χ3v) is 9.72. The van der Waals surface area contributed by atoms with Crippen LogP contribution in [-0.4, -0.2) is 0 Å². The summed E-state index contributed by atoms with van der Waals surface area (Å²) in [5, 5.41) is 10.8. The van der Waals surface area contributed by atoms with Crippen LogP contribution in [0.2, 0.25) is 10.0 Å². The number of aryl methyl sites for hydroxylation is 1. The van der Waals surface area contributed by atoms with Gasteiger partial charge < -0.3 is 0 Å². The van der Waals surface area contributed by atoms with Crippen molar-refractivity contribution in [2.24, 2.45) is 0 Å². The van der Waals surface area contributed by atoms with E-state index in [1.54, 1.807) is 11.3 Å². The molecule has 0 amide bonds. The first kappa shape index (κ1) is 19.1. The first-order chi connectivity index (χ1) is 13.7. The van der Waals surface area contributed by atoms with Crippen molar-refractivity contribution in [2.75, 3.05) is 0 Å². The van der Waals surface area contributed by atoms with E-state index in [1.165, 1.54) is 58.8 Å². The van der Waals surface area contributed by atoms with Crippen LogP contribution in [0.25, 0.3) is 41.1 Å². The molecule has 4 heterocycles. The summed E-state index contributed by atoms with van der Waals surface area (Å²) in [7, 11) is 0. The summed E-state index contributed by atoms with van der Waals surface area (Å²) in [5.74, 6) is 0. The molecule has 0 aliphatic heterocycles. The van der Waals surface area contributed by atoms with Gasteiger partial charge in [0.05, 0.1) is 10.0 Å². The van der Waals surface area contributed by atoms with Gasteiger partial charge in [-0.25, -0.2) is 0 Å². The third-order valence-electron chi connectivity index (χ3n) is 4.90. The summed E-state index contributed by atoms with van der Waals surface area (Å²) in [4.78, 5) is 3.82. The van der Waals surface area contributed by atoms with Crippen LogP contribution in [0.1, 0.15) is 24.6 Å². The minimum atomic E-state index is 0.808. The number of unbranched alkanes of at least 4 members (excludes halogenated alkanes) is 1. The Morgan fingerprint density at radius 1 is 0.857 bits per heavy atom. The fraction of sp³-hybridized carbons (Fsp3) is 0.182. The number of hydrogen-bond acceptors (Lipinski definition) is 4. The zero-order valence-electron chi connectivity index (χ0n) is 15.1. The molecule has 0 radical (unpaired) electrons. The molecule has 0 saturated carbocycles. The molecular weight excluding hydrogens is 463 g/mol. The Bertz CT molecular complexity index is 1230. The number of halogens is 2. The van der Waals surface area contributed by atoms with Crippen molar-refractivity contribution in [1.82, 2.24) is 0 Å². The van der Waals surface area contributed by atoms with Gasteiger partial charge in [0.25, 0.3) is 0 Å². The number of thiophene rings is 4. The second kappa shape index (κ2) is 7.75. The van der Waals surface area contributed by atoms with E-state index >= 15 is 0 Å². The summed E-state index contributed by atoms with van der Waals surface area (Å²) in [6.45, 7) is 2.22. The molecule has 0 spiro atoms. The third kappa shape index (κ3) is 3.15. The van der Waals surface area contributed by atoms with Crippen molar-refractivity contribution in [3.8, 4) is 20.9 Å². The number of rotatable bonds is 5. The van der Waals surface area contributed by atoms with Crippen LogP contribution < -0.4 is 0 Å². The Hall–Kier alpha value is -0.880. The molecule has 1 aromatic carbocycles. The predicted octanol–water partition coefficient (Wildman–Crippen LogP) is 10.2. The van der Waals surface area contributed by atoms with Gasteiger partial charge in [0.1, 0.15) is 0 Å². The van der Waals surface area contributed by atoms with Gasteiger partial charge in [0.15, 0.2) is 0 Å². The van der Waals surface area contributed by atoms with Crippen molar-refractivity contribution in [2.45, 2.75) is 26.2 Å². The van der Waals surface area contributed by atoms with Crippen LogP contribution >= 0.6 is 68.5 Å². The average Bonchev–Trinajstić information content (AvgIpc) is 3.45. The number of fused-ring (bicyclic) bond motifs is 2. The highest BCUT2D eigenvalue weighted by atomic mass is 35.5. The highest BCUT2D eigenvalue weighted by Gasteiger charge is 2.21. The van der Waals surface area contributed by atoms with Gasteiger partial charge in [-0.1, -0.05) is 36.5 Å². The maximum absolute atomic E-state index is 6.61. The monoisotopic (exact) mass is 478 g/mol. The SMILES string of the molecule is CCCCc1sc(-c2c3ccsc3c(-c3cc(Cl)cs3)c3ccsc23)cc1Cl. The maximum Gasteiger partial charge on any atom is 0.0551 e. The first-order valence-electron chi connectivity index (χ1n) is 9.10. The molecule has 0 bridgehead atoms. The lowest BCUT2D eigenvalue weighted by atomic mass is 10.0. The van der Waals surface area contributed by atoms with Gasteiger partial charge in [0, 0.05) is 51.3 Å². The number of hydrogen-bond donors (Lipinski definition) is 0.